The number of hydrogen-bond acceptors (Lipinski definition) is 2. The van der Waals surface area contributed by atoms with E-state index in [1.807, 2.05) is 42.2 Å². The summed E-state index contributed by atoms with van der Waals surface area (Å²) in [6.07, 6.45) is 1.82. The number of benzene rings is 2. The normalized spacial score (nSPS) is 13.5. The monoisotopic (exact) mass is 326 g/mol. The van der Waals surface area contributed by atoms with Crippen molar-refractivity contribution >= 4 is 11.6 Å². The van der Waals surface area contributed by atoms with E-state index in [1.165, 1.54) is 11.6 Å². The van der Waals surface area contributed by atoms with Crippen molar-refractivity contribution in [3.63, 3.8) is 0 Å². The van der Waals surface area contributed by atoms with E-state index < -0.39 is 0 Å². The first-order valence-electron chi connectivity index (χ1n) is 8.36. The largest absolute Gasteiger partial charge is 0.360 e. The van der Waals surface area contributed by atoms with Gasteiger partial charge in [0.15, 0.2) is 0 Å². The summed E-state index contributed by atoms with van der Waals surface area (Å²) in [6, 6.07) is 13.3. The van der Waals surface area contributed by atoms with Crippen molar-refractivity contribution < 1.29 is 9.18 Å². The molecule has 0 bridgehead atoms. The molecule has 0 aliphatic carbocycles. The van der Waals surface area contributed by atoms with Crippen LogP contribution in [0.25, 0.3) is 0 Å². The van der Waals surface area contributed by atoms with Crippen LogP contribution in [-0.2, 0) is 17.8 Å². The average Bonchev–Trinajstić information content (AvgIpc) is 2.57. The maximum absolute atomic E-state index is 14.2. The minimum Gasteiger partial charge on any atom is -0.360 e. The highest BCUT2D eigenvalue weighted by atomic mass is 19.1. The second-order valence-electron chi connectivity index (χ2n) is 6.51. The van der Waals surface area contributed by atoms with E-state index in [0.717, 1.165) is 30.5 Å². The molecule has 0 radical (unpaired) electrons. The summed E-state index contributed by atoms with van der Waals surface area (Å²) in [4.78, 5) is 16.2. The van der Waals surface area contributed by atoms with E-state index in [4.69, 9.17) is 0 Å². The van der Waals surface area contributed by atoms with Crippen LogP contribution in [0.2, 0.25) is 0 Å². The van der Waals surface area contributed by atoms with E-state index in [1.54, 1.807) is 18.0 Å². The predicted octanol–water partition coefficient (Wildman–Crippen LogP) is 3.55. The summed E-state index contributed by atoms with van der Waals surface area (Å²) in [5, 5.41) is 0. The fourth-order valence-electron chi connectivity index (χ4n) is 3.19. The molecule has 2 aromatic rings. The molecular weight excluding hydrogens is 303 g/mol. The Morgan fingerprint density at radius 2 is 1.96 bits per heavy atom. The Morgan fingerprint density at radius 3 is 2.71 bits per heavy atom. The lowest BCUT2D eigenvalue weighted by atomic mass is 10.0. The number of carbonyl (C=O) groups is 1. The van der Waals surface area contributed by atoms with Crippen LogP contribution in [0.5, 0.6) is 0 Å². The first kappa shape index (κ1) is 16.5. The third-order valence-electron chi connectivity index (χ3n) is 4.55. The molecule has 0 N–H and O–H groups in total. The molecular formula is C20H23FN2O. The van der Waals surface area contributed by atoms with Crippen molar-refractivity contribution in [3.8, 4) is 0 Å². The number of hydrogen-bond donors (Lipinski definition) is 0. The number of para-hydroxylation sites is 1. The number of fused-ring (bicyclic) bond motifs is 1. The van der Waals surface area contributed by atoms with Crippen molar-refractivity contribution in [1.29, 1.82) is 0 Å². The highest BCUT2D eigenvalue weighted by Crippen LogP contribution is 2.29. The maximum atomic E-state index is 14.2. The smallest absolute Gasteiger partial charge is 0.242 e. The van der Waals surface area contributed by atoms with Gasteiger partial charge in [0.05, 0.1) is 12.2 Å². The fraction of sp³-hybridized carbons (Fsp3) is 0.350. The predicted molar refractivity (Wildman–Crippen MR) is 94.6 cm³/mol. The number of rotatable bonds is 4. The van der Waals surface area contributed by atoms with Crippen molar-refractivity contribution in [2.45, 2.75) is 26.3 Å². The van der Waals surface area contributed by atoms with Crippen LogP contribution in [-0.4, -0.2) is 30.9 Å². The molecule has 3 nitrogen and oxygen atoms in total. The summed E-state index contributed by atoms with van der Waals surface area (Å²) in [5.41, 5.74) is 3.89. The van der Waals surface area contributed by atoms with Crippen LogP contribution >= 0.6 is 0 Å². The Labute approximate surface area is 142 Å². The van der Waals surface area contributed by atoms with E-state index in [9.17, 15) is 9.18 Å². The molecule has 0 atom stereocenters. The van der Waals surface area contributed by atoms with Gasteiger partial charge in [0.1, 0.15) is 5.82 Å². The topological polar surface area (TPSA) is 23.6 Å². The zero-order valence-electron chi connectivity index (χ0n) is 14.3. The molecule has 24 heavy (non-hydrogen) atoms. The number of nitrogens with zero attached hydrogens (tertiary/aromatic N) is 2. The molecule has 0 saturated carbocycles. The molecule has 1 heterocycles. The molecule has 4 heteroatoms. The van der Waals surface area contributed by atoms with Gasteiger partial charge in [-0.2, -0.15) is 0 Å². The van der Waals surface area contributed by atoms with Gasteiger partial charge in [-0.05, 0) is 37.0 Å². The standard InChI is InChI=1S/C20H23FN2O/c1-15-8-10-16(11-9-15)13-22(2)19(24)14-23-12-4-6-17-5-3-7-18(21)20(17)23/h3,5,7-11H,4,6,12-14H2,1-2H3. The summed E-state index contributed by atoms with van der Waals surface area (Å²) < 4.78 is 14.2. The SMILES string of the molecule is Cc1ccc(CN(C)C(=O)CN2CCCc3cccc(F)c32)cc1. The highest BCUT2D eigenvalue weighted by Gasteiger charge is 2.23. The van der Waals surface area contributed by atoms with Gasteiger partial charge in [0.2, 0.25) is 5.91 Å². The molecule has 0 saturated heterocycles. The summed E-state index contributed by atoms with van der Waals surface area (Å²) >= 11 is 0. The van der Waals surface area contributed by atoms with Crippen LogP contribution in [0.3, 0.4) is 0 Å². The van der Waals surface area contributed by atoms with E-state index >= 15 is 0 Å². The Hall–Kier alpha value is -2.36. The molecule has 0 aromatic heterocycles. The number of likely N-dealkylation sites (N-methyl/N-ethyl adjacent to an activating group) is 1. The maximum Gasteiger partial charge on any atom is 0.242 e. The van der Waals surface area contributed by atoms with Crippen molar-refractivity contribution in [3.05, 3.63) is 65.0 Å². The lowest BCUT2D eigenvalue weighted by Gasteiger charge is -2.32. The molecule has 0 unspecified atom stereocenters. The summed E-state index contributed by atoms with van der Waals surface area (Å²) in [6.45, 7) is 3.55. The molecule has 3 rings (SSSR count). The number of carbonyl (C=O) groups excluding carboxylic acids is 1. The van der Waals surface area contributed by atoms with Crippen LogP contribution in [0, 0.1) is 12.7 Å². The molecule has 2 aromatic carbocycles. The van der Waals surface area contributed by atoms with Gasteiger partial charge in [-0.3, -0.25) is 4.79 Å². The van der Waals surface area contributed by atoms with E-state index in [2.05, 4.69) is 0 Å². The van der Waals surface area contributed by atoms with E-state index in [-0.39, 0.29) is 18.3 Å². The van der Waals surface area contributed by atoms with Gasteiger partial charge in [-0.15, -0.1) is 0 Å². The summed E-state index contributed by atoms with van der Waals surface area (Å²) in [7, 11) is 1.80. The number of aryl methyl sites for hydroxylation is 2. The van der Waals surface area contributed by atoms with Crippen molar-refractivity contribution in [1.82, 2.24) is 4.90 Å². The first-order chi connectivity index (χ1) is 11.5. The second kappa shape index (κ2) is 7.04. The van der Waals surface area contributed by atoms with Gasteiger partial charge >= 0.3 is 0 Å². The van der Waals surface area contributed by atoms with Gasteiger partial charge in [-0.1, -0.05) is 42.0 Å². The molecule has 0 spiro atoms. The highest BCUT2D eigenvalue weighted by molar-refractivity contribution is 5.82. The van der Waals surface area contributed by atoms with Crippen LogP contribution in [0.15, 0.2) is 42.5 Å². The van der Waals surface area contributed by atoms with Gasteiger partial charge in [0, 0.05) is 20.1 Å². The van der Waals surface area contributed by atoms with Gasteiger partial charge in [-0.25, -0.2) is 4.39 Å². The molecule has 126 valence electrons. The van der Waals surface area contributed by atoms with Gasteiger partial charge < -0.3 is 9.80 Å². The van der Waals surface area contributed by atoms with Crippen molar-refractivity contribution in [2.75, 3.05) is 25.0 Å². The van der Waals surface area contributed by atoms with Crippen molar-refractivity contribution in [2.24, 2.45) is 0 Å². The lowest BCUT2D eigenvalue weighted by molar-refractivity contribution is -0.129. The summed E-state index contributed by atoms with van der Waals surface area (Å²) in [5.74, 6) is -0.229. The molecule has 1 aliphatic heterocycles. The zero-order chi connectivity index (χ0) is 17.1. The Balaban J connectivity index is 1.68. The molecule has 1 amide bonds. The minimum atomic E-state index is -0.235. The van der Waals surface area contributed by atoms with Crippen LogP contribution in [0.1, 0.15) is 23.1 Å². The lowest BCUT2D eigenvalue weighted by Crippen LogP contribution is -2.40. The number of halogens is 1. The van der Waals surface area contributed by atoms with Gasteiger partial charge in [0.25, 0.3) is 0 Å². The van der Waals surface area contributed by atoms with Crippen LogP contribution in [0.4, 0.5) is 10.1 Å². The third kappa shape index (κ3) is 3.58. The van der Waals surface area contributed by atoms with E-state index in [0.29, 0.717) is 12.2 Å². The minimum absolute atomic E-state index is 0.00618. The number of amides is 1. The first-order valence-corrected chi connectivity index (χ1v) is 8.36. The average molecular weight is 326 g/mol. The zero-order valence-corrected chi connectivity index (χ0v) is 14.3. The third-order valence-corrected chi connectivity index (χ3v) is 4.55. The molecule has 0 fully saturated rings. The second-order valence-corrected chi connectivity index (χ2v) is 6.51. The Morgan fingerprint density at radius 1 is 1.21 bits per heavy atom. The van der Waals surface area contributed by atoms with Crippen LogP contribution < -0.4 is 4.90 Å². The Bertz CT molecular complexity index is 727. The quantitative estimate of drug-likeness (QED) is 0.858. The fourth-order valence-corrected chi connectivity index (χ4v) is 3.19. The molecule has 1 aliphatic rings. The number of anilines is 1. The Kier molecular flexibility index (Phi) is 4.84.